The molecule has 0 aromatic heterocycles. The number of ether oxygens (including phenoxy) is 2. The van der Waals surface area contributed by atoms with Crippen molar-refractivity contribution in [3.05, 3.63) is 120 Å². The number of methoxy groups -OCH3 is 1. The number of benzene rings is 3. The van der Waals surface area contributed by atoms with Crippen LogP contribution in [-0.4, -0.2) is 50.8 Å². The van der Waals surface area contributed by atoms with Crippen LogP contribution in [0.25, 0.3) is 0 Å². The first-order valence-electron chi connectivity index (χ1n) is 17.5. The van der Waals surface area contributed by atoms with Gasteiger partial charge < -0.3 is 9.47 Å². The number of esters is 2. The minimum absolute atomic E-state index is 0. The summed E-state index contributed by atoms with van der Waals surface area (Å²) in [5.74, 6) is -1.54. The summed E-state index contributed by atoms with van der Waals surface area (Å²) in [4.78, 5) is 71.3. The molecule has 0 amide bonds. The molecule has 0 heterocycles. The molecular weight excluding hydrogens is 828 g/mol. The first-order valence-corrected chi connectivity index (χ1v) is 19.1. The average molecular weight is 887 g/mol. The van der Waals surface area contributed by atoms with Crippen LogP contribution in [0.1, 0.15) is 111 Å². The lowest BCUT2D eigenvalue weighted by atomic mass is 9.72. The van der Waals surface area contributed by atoms with Gasteiger partial charge in [0.15, 0.2) is 5.78 Å². The zero-order chi connectivity index (χ0) is 41.3. The van der Waals surface area contributed by atoms with Gasteiger partial charge in [-0.1, -0.05) is 137 Å². The van der Waals surface area contributed by atoms with Crippen molar-refractivity contribution >= 4 is 66.9 Å². The van der Waals surface area contributed by atoms with Gasteiger partial charge in [-0.2, -0.15) is 0 Å². The van der Waals surface area contributed by atoms with E-state index in [1.54, 1.807) is 27.7 Å². The molecular formula is C45H58Br2O8. The molecule has 0 saturated carbocycles. The van der Waals surface area contributed by atoms with Crippen LogP contribution in [0, 0.1) is 5.41 Å². The van der Waals surface area contributed by atoms with Crippen molar-refractivity contribution in [1.82, 2.24) is 0 Å². The molecule has 0 aliphatic heterocycles. The zero-order valence-corrected chi connectivity index (χ0v) is 36.0. The Kier molecular flexibility index (Phi) is 22.1. The molecule has 8 nitrogen and oxygen atoms in total. The first-order chi connectivity index (χ1) is 25.1. The molecule has 55 heavy (non-hydrogen) atoms. The molecule has 0 bridgehead atoms. The molecule has 0 aliphatic rings. The lowest BCUT2D eigenvalue weighted by Crippen LogP contribution is -2.42. The molecule has 3 rings (SSSR count). The molecule has 3 aromatic rings. The van der Waals surface area contributed by atoms with E-state index in [9.17, 15) is 28.8 Å². The smallest absolute Gasteiger partial charge is 0.322 e. The van der Waals surface area contributed by atoms with E-state index in [0.29, 0.717) is 12.0 Å². The number of ketones is 4. The molecule has 0 aliphatic carbocycles. The van der Waals surface area contributed by atoms with E-state index in [0.717, 1.165) is 16.7 Å². The Morgan fingerprint density at radius 1 is 0.636 bits per heavy atom. The lowest BCUT2D eigenvalue weighted by molar-refractivity contribution is -0.156. The number of carbonyl (C=O) groups excluding carboxylic acids is 6. The van der Waals surface area contributed by atoms with Gasteiger partial charge in [0.2, 0.25) is 0 Å². The summed E-state index contributed by atoms with van der Waals surface area (Å²) in [5, 5.41) is 0. The van der Waals surface area contributed by atoms with E-state index in [-0.39, 0.29) is 55.9 Å². The van der Waals surface area contributed by atoms with Crippen molar-refractivity contribution < 1.29 is 38.2 Å². The Hall–Kier alpha value is -4.02. The van der Waals surface area contributed by atoms with Crippen molar-refractivity contribution in [2.24, 2.45) is 5.41 Å². The minimum atomic E-state index is -1.14. The molecule has 0 spiro atoms. The topological polar surface area (TPSA) is 121 Å². The molecule has 0 radical (unpaired) electrons. The lowest BCUT2D eigenvalue weighted by Gasteiger charge is -2.35. The highest BCUT2D eigenvalue weighted by molar-refractivity contribution is 9.10. The summed E-state index contributed by atoms with van der Waals surface area (Å²) in [6.07, 6.45) is 0.810. The quantitative estimate of drug-likeness (QED) is 0.0792. The minimum Gasteiger partial charge on any atom is -0.469 e. The predicted octanol–water partition coefficient (Wildman–Crippen LogP) is 10.5. The van der Waals surface area contributed by atoms with Crippen LogP contribution < -0.4 is 0 Å². The standard InChI is InChI=1S/C25H29BrO5.C14H17BrO2.C5H8O.CH4/c1-18(27)21(20-13-9-6-10-14-20)15-24(2,22(28)30-4)17-25(3,26)23(29)31-16-19-11-7-5-8-12-19;1-10(16)13(9-14(3,15)11(2)17)12-7-5-4-6-8-12;1-4(2)5(3)6;/h5-14,21H,15-17H2,1-4H3;4-8,13H,9H2,1-3H3;1H2,2-3H3;1H4. The first kappa shape index (κ1) is 51.0. The van der Waals surface area contributed by atoms with E-state index in [2.05, 4.69) is 38.4 Å². The SMILES string of the molecule is C.C=C(C)C(C)=O.CC(=O)C(CC(C)(Br)C(C)=O)c1ccccc1.COC(=O)C(C)(CC(C(C)=O)c1ccccc1)CC(C)(Br)C(=O)OCc1ccccc1. The summed E-state index contributed by atoms with van der Waals surface area (Å²) < 4.78 is 8.77. The van der Waals surface area contributed by atoms with Crippen molar-refractivity contribution in [1.29, 1.82) is 0 Å². The van der Waals surface area contributed by atoms with Gasteiger partial charge in [-0.15, -0.1) is 0 Å². The number of halogens is 2. The average Bonchev–Trinajstić information content (AvgIpc) is 3.12. The summed E-state index contributed by atoms with van der Waals surface area (Å²) >= 11 is 6.88. The van der Waals surface area contributed by atoms with Crippen LogP contribution in [0.15, 0.2) is 103 Å². The number of carbonyl (C=O) groups is 6. The van der Waals surface area contributed by atoms with Gasteiger partial charge in [0, 0.05) is 11.8 Å². The maximum atomic E-state index is 12.8. The van der Waals surface area contributed by atoms with Gasteiger partial charge in [-0.05, 0) is 96.9 Å². The molecule has 0 N–H and O–H groups in total. The molecule has 10 heteroatoms. The van der Waals surface area contributed by atoms with Crippen LogP contribution in [0.5, 0.6) is 0 Å². The largest absolute Gasteiger partial charge is 0.469 e. The predicted molar refractivity (Wildman–Crippen MR) is 228 cm³/mol. The summed E-state index contributed by atoms with van der Waals surface area (Å²) in [6.45, 7) is 16.6. The Labute approximate surface area is 345 Å². The third-order valence-corrected chi connectivity index (χ3v) is 10.5. The highest BCUT2D eigenvalue weighted by Crippen LogP contribution is 2.43. The van der Waals surface area contributed by atoms with Gasteiger partial charge in [0.1, 0.15) is 28.3 Å². The summed E-state index contributed by atoms with van der Waals surface area (Å²) in [7, 11) is 1.31. The van der Waals surface area contributed by atoms with Crippen molar-refractivity contribution in [2.75, 3.05) is 7.11 Å². The van der Waals surface area contributed by atoms with Crippen LogP contribution in [0.4, 0.5) is 0 Å². The van der Waals surface area contributed by atoms with Crippen molar-refractivity contribution in [3.63, 3.8) is 0 Å². The van der Waals surface area contributed by atoms with Gasteiger partial charge >= 0.3 is 11.9 Å². The number of alkyl halides is 2. The van der Waals surface area contributed by atoms with E-state index in [1.807, 2.05) is 97.9 Å². The third kappa shape index (κ3) is 17.5. The fraction of sp³-hybridized carbons (Fsp3) is 0.422. The highest BCUT2D eigenvalue weighted by atomic mass is 79.9. The highest BCUT2D eigenvalue weighted by Gasteiger charge is 2.47. The molecule has 5 unspecified atom stereocenters. The van der Waals surface area contributed by atoms with Crippen LogP contribution >= 0.6 is 31.9 Å². The number of rotatable bonds is 16. The van der Waals surface area contributed by atoms with Crippen molar-refractivity contribution in [2.45, 2.75) is 109 Å². The van der Waals surface area contributed by atoms with E-state index >= 15 is 0 Å². The monoisotopic (exact) mass is 884 g/mol. The Morgan fingerprint density at radius 3 is 1.36 bits per heavy atom. The van der Waals surface area contributed by atoms with Crippen LogP contribution in [0.2, 0.25) is 0 Å². The van der Waals surface area contributed by atoms with Gasteiger partial charge in [-0.3, -0.25) is 28.8 Å². The van der Waals surface area contributed by atoms with E-state index in [4.69, 9.17) is 9.47 Å². The maximum absolute atomic E-state index is 12.8. The molecule has 5 atom stereocenters. The number of allylic oxidation sites excluding steroid dienone is 1. The third-order valence-electron chi connectivity index (χ3n) is 9.00. The second-order valence-corrected chi connectivity index (χ2v) is 17.6. The second-order valence-electron chi connectivity index (χ2n) is 14.1. The van der Waals surface area contributed by atoms with Gasteiger partial charge in [-0.25, -0.2) is 0 Å². The zero-order valence-electron chi connectivity index (χ0n) is 32.9. The van der Waals surface area contributed by atoms with Crippen molar-refractivity contribution in [3.8, 4) is 0 Å². The number of hydrogen-bond acceptors (Lipinski definition) is 8. The maximum Gasteiger partial charge on any atom is 0.322 e. The number of hydrogen-bond donors (Lipinski definition) is 0. The Balaban J connectivity index is 0.00000102. The van der Waals surface area contributed by atoms with Gasteiger partial charge in [0.25, 0.3) is 0 Å². The van der Waals surface area contributed by atoms with Crippen LogP contribution in [0.3, 0.4) is 0 Å². The van der Waals surface area contributed by atoms with Gasteiger partial charge in [0.05, 0.1) is 16.8 Å². The fourth-order valence-electron chi connectivity index (χ4n) is 5.49. The number of Topliss-reactive ketones (excluding diaryl/α,β-unsaturated/α-hetero) is 4. The fourth-order valence-corrected chi connectivity index (χ4v) is 6.55. The van der Waals surface area contributed by atoms with E-state index in [1.165, 1.54) is 27.9 Å². The molecule has 3 aromatic carbocycles. The van der Waals surface area contributed by atoms with E-state index < -0.39 is 31.9 Å². The normalized spacial score (nSPS) is 14.7. The Morgan fingerprint density at radius 2 is 1.02 bits per heavy atom. The molecule has 0 saturated heterocycles. The molecule has 300 valence electrons. The summed E-state index contributed by atoms with van der Waals surface area (Å²) in [5.41, 5.74) is 2.19. The summed E-state index contributed by atoms with van der Waals surface area (Å²) in [6, 6.07) is 28.3. The molecule has 0 fully saturated rings. The Bertz CT molecular complexity index is 1710. The van der Waals surface area contributed by atoms with Crippen LogP contribution in [-0.2, 0) is 44.8 Å². The second kappa shape index (κ2) is 23.8.